The molecule has 3 rings (SSSR count). The summed E-state index contributed by atoms with van der Waals surface area (Å²) in [5, 5.41) is 5.98. The molecule has 2 aromatic heterocycles. The standard InChI is InChI=1S/C16H15BrN4O2S/c1-3-19-15(22)21-16-20-13-6-9(5-12(17)14(13)24-16)10-4-11(23-2)8-18-7-10/h4-8H,3H2,1-2H3,(H2,19,20,21,22). The van der Waals surface area contributed by atoms with E-state index in [0.717, 1.165) is 25.8 Å². The van der Waals surface area contributed by atoms with Crippen LogP contribution in [0.3, 0.4) is 0 Å². The molecule has 2 N–H and O–H groups in total. The van der Waals surface area contributed by atoms with Gasteiger partial charge in [-0.15, -0.1) is 0 Å². The van der Waals surface area contributed by atoms with Gasteiger partial charge in [-0.05, 0) is 46.6 Å². The fraction of sp³-hybridized carbons (Fsp3) is 0.188. The quantitative estimate of drug-likeness (QED) is 0.677. The molecule has 0 unspecified atom stereocenters. The highest BCUT2D eigenvalue weighted by Crippen LogP contribution is 2.36. The molecular weight excluding hydrogens is 392 g/mol. The molecule has 0 bridgehead atoms. The Morgan fingerprint density at radius 1 is 1.29 bits per heavy atom. The van der Waals surface area contributed by atoms with Crippen LogP contribution in [-0.4, -0.2) is 29.7 Å². The summed E-state index contributed by atoms with van der Waals surface area (Å²) in [7, 11) is 1.61. The Bertz CT molecular complexity index is 897. The number of hydrogen-bond donors (Lipinski definition) is 2. The van der Waals surface area contributed by atoms with Crippen molar-refractivity contribution in [3.8, 4) is 16.9 Å². The van der Waals surface area contributed by atoms with Gasteiger partial charge in [0.1, 0.15) is 5.75 Å². The normalized spacial score (nSPS) is 10.6. The Balaban J connectivity index is 1.98. The van der Waals surface area contributed by atoms with E-state index in [0.29, 0.717) is 17.4 Å². The van der Waals surface area contributed by atoms with Crippen molar-refractivity contribution >= 4 is 48.6 Å². The average molecular weight is 407 g/mol. The molecule has 0 aliphatic carbocycles. The number of methoxy groups -OCH3 is 1. The maximum absolute atomic E-state index is 11.6. The van der Waals surface area contributed by atoms with Crippen molar-refractivity contribution < 1.29 is 9.53 Å². The van der Waals surface area contributed by atoms with E-state index in [1.807, 2.05) is 25.1 Å². The summed E-state index contributed by atoms with van der Waals surface area (Å²) in [4.78, 5) is 20.3. The molecule has 124 valence electrons. The molecule has 2 heterocycles. The number of nitrogens with one attached hydrogen (secondary N) is 2. The van der Waals surface area contributed by atoms with Crippen LogP contribution in [0.2, 0.25) is 0 Å². The number of pyridine rings is 1. The number of nitrogens with zero attached hydrogens (tertiary/aromatic N) is 2. The number of benzene rings is 1. The number of hydrogen-bond acceptors (Lipinski definition) is 5. The number of fused-ring (bicyclic) bond motifs is 1. The summed E-state index contributed by atoms with van der Waals surface area (Å²) in [6, 6.07) is 5.63. The molecule has 0 fully saturated rings. The van der Waals surface area contributed by atoms with Crippen molar-refractivity contribution in [1.29, 1.82) is 0 Å². The molecular formula is C16H15BrN4O2S. The first-order valence-corrected chi connectivity index (χ1v) is 8.86. The Labute approximate surface area is 151 Å². The molecule has 0 radical (unpaired) electrons. The lowest BCUT2D eigenvalue weighted by molar-refractivity contribution is 0.252. The number of thiazole rings is 1. The van der Waals surface area contributed by atoms with Gasteiger partial charge in [0.25, 0.3) is 0 Å². The number of amides is 2. The first-order chi connectivity index (χ1) is 11.6. The third-order valence-corrected chi connectivity index (χ3v) is 5.19. The van der Waals surface area contributed by atoms with Crippen LogP contribution in [0.1, 0.15) is 6.92 Å². The molecule has 0 aliphatic heterocycles. The maximum atomic E-state index is 11.6. The molecule has 0 saturated carbocycles. The highest BCUT2D eigenvalue weighted by molar-refractivity contribution is 9.10. The number of carbonyl (C=O) groups excluding carboxylic acids is 1. The second kappa shape index (κ2) is 7.14. The maximum Gasteiger partial charge on any atom is 0.321 e. The predicted molar refractivity (Wildman–Crippen MR) is 99.8 cm³/mol. The summed E-state index contributed by atoms with van der Waals surface area (Å²) in [5.74, 6) is 0.695. The van der Waals surface area contributed by atoms with Crippen molar-refractivity contribution in [2.45, 2.75) is 6.92 Å². The third-order valence-electron chi connectivity index (χ3n) is 3.28. The van der Waals surface area contributed by atoms with Crippen LogP contribution in [0, 0.1) is 0 Å². The number of halogens is 1. The van der Waals surface area contributed by atoms with Crippen LogP contribution in [0.4, 0.5) is 9.93 Å². The highest BCUT2D eigenvalue weighted by Gasteiger charge is 2.12. The zero-order valence-corrected chi connectivity index (χ0v) is 15.5. The highest BCUT2D eigenvalue weighted by atomic mass is 79.9. The molecule has 0 aliphatic rings. The van der Waals surface area contributed by atoms with E-state index in [1.165, 1.54) is 11.3 Å². The van der Waals surface area contributed by atoms with Gasteiger partial charge in [-0.1, -0.05) is 11.3 Å². The van der Waals surface area contributed by atoms with Gasteiger partial charge in [0.05, 0.1) is 23.5 Å². The van der Waals surface area contributed by atoms with Gasteiger partial charge < -0.3 is 10.1 Å². The minimum atomic E-state index is -0.259. The summed E-state index contributed by atoms with van der Waals surface area (Å²) in [5.41, 5.74) is 2.71. The summed E-state index contributed by atoms with van der Waals surface area (Å²) >= 11 is 5.00. The summed E-state index contributed by atoms with van der Waals surface area (Å²) in [6.45, 7) is 2.43. The first kappa shape index (κ1) is 16.7. The van der Waals surface area contributed by atoms with Gasteiger partial charge in [0.2, 0.25) is 0 Å². The Kier molecular flexibility index (Phi) is 4.96. The van der Waals surface area contributed by atoms with Gasteiger partial charge >= 0.3 is 6.03 Å². The number of rotatable bonds is 4. The fourth-order valence-electron chi connectivity index (χ4n) is 2.20. The monoisotopic (exact) mass is 406 g/mol. The number of carbonyl (C=O) groups is 1. The van der Waals surface area contributed by atoms with Crippen LogP contribution in [0.25, 0.3) is 21.3 Å². The largest absolute Gasteiger partial charge is 0.495 e. The van der Waals surface area contributed by atoms with Crippen LogP contribution < -0.4 is 15.4 Å². The minimum Gasteiger partial charge on any atom is -0.495 e. The van der Waals surface area contributed by atoms with E-state index in [9.17, 15) is 4.79 Å². The molecule has 0 spiro atoms. The van der Waals surface area contributed by atoms with Crippen LogP contribution in [0.5, 0.6) is 5.75 Å². The molecule has 1 aromatic carbocycles. The van der Waals surface area contributed by atoms with Gasteiger partial charge in [-0.25, -0.2) is 9.78 Å². The topological polar surface area (TPSA) is 76.1 Å². The molecule has 8 heteroatoms. The number of aromatic nitrogens is 2. The van der Waals surface area contributed by atoms with Crippen LogP contribution in [-0.2, 0) is 0 Å². The van der Waals surface area contributed by atoms with Crippen LogP contribution in [0.15, 0.2) is 35.1 Å². The molecule has 0 atom stereocenters. The molecule has 24 heavy (non-hydrogen) atoms. The SMILES string of the molecule is CCNC(=O)Nc1nc2cc(-c3cncc(OC)c3)cc(Br)c2s1. The molecule has 6 nitrogen and oxygen atoms in total. The van der Waals surface area contributed by atoms with E-state index < -0.39 is 0 Å². The van der Waals surface area contributed by atoms with Crippen LogP contribution >= 0.6 is 27.3 Å². The third kappa shape index (κ3) is 3.49. The zero-order chi connectivity index (χ0) is 17.1. The van der Waals surface area contributed by atoms with Gasteiger partial charge in [-0.2, -0.15) is 0 Å². The van der Waals surface area contributed by atoms with Crippen molar-refractivity contribution in [2.75, 3.05) is 19.0 Å². The van der Waals surface area contributed by atoms with Gasteiger partial charge in [0, 0.05) is 22.8 Å². The second-order valence-corrected chi connectivity index (χ2v) is 6.78. The number of ether oxygens (including phenoxy) is 1. The first-order valence-electron chi connectivity index (χ1n) is 7.25. The van der Waals surface area contributed by atoms with Crippen molar-refractivity contribution in [1.82, 2.24) is 15.3 Å². The Morgan fingerprint density at radius 3 is 2.88 bits per heavy atom. The van der Waals surface area contributed by atoms with E-state index in [1.54, 1.807) is 19.5 Å². The van der Waals surface area contributed by atoms with E-state index >= 15 is 0 Å². The number of anilines is 1. The zero-order valence-electron chi connectivity index (χ0n) is 13.1. The van der Waals surface area contributed by atoms with E-state index in [-0.39, 0.29) is 6.03 Å². The lowest BCUT2D eigenvalue weighted by atomic mass is 10.1. The smallest absolute Gasteiger partial charge is 0.321 e. The number of urea groups is 1. The van der Waals surface area contributed by atoms with Crippen molar-refractivity contribution in [2.24, 2.45) is 0 Å². The Morgan fingerprint density at radius 2 is 2.12 bits per heavy atom. The fourth-order valence-corrected chi connectivity index (χ4v) is 3.74. The van der Waals surface area contributed by atoms with Crippen molar-refractivity contribution in [3.05, 3.63) is 35.1 Å². The average Bonchev–Trinajstić information content (AvgIpc) is 2.98. The van der Waals surface area contributed by atoms with E-state index in [4.69, 9.17) is 4.74 Å². The molecule has 3 aromatic rings. The lowest BCUT2D eigenvalue weighted by Gasteiger charge is -2.05. The predicted octanol–water partition coefficient (Wildman–Crippen LogP) is 4.27. The lowest BCUT2D eigenvalue weighted by Crippen LogP contribution is -2.28. The Hall–Kier alpha value is -2.19. The summed E-state index contributed by atoms with van der Waals surface area (Å²) in [6.07, 6.45) is 3.44. The molecule has 2 amide bonds. The molecule has 0 saturated heterocycles. The van der Waals surface area contributed by atoms with E-state index in [2.05, 4.69) is 36.5 Å². The van der Waals surface area contributed by atoms with Gasteiger partial charge in [-0.3, -0.25) is 10.3 Å². The summed E-state index contributed by atoms with van der Waals surface area (Å²) < 4.78 is 7.11. The van der Waals surface area contributed by atoms with Crippen molar-refractivity contribution in [3.63, 3.8) is 0 Å². The second-order valence-electron chi connectivity index (χ2n) is 4.92. The van der Waals surface area contributed by atoms with Gasteiger partial charge in [0.15, 0.2) is 5.13 Å². The minimum absolute atomic E-state index is 0.259.